The lowest BCUT2D eigenvalue weighted by atomic mass is 10.2. The third kappa shape index (κ3) is 2.35. The molecule has 1 fully saturated rings. The molecule has 1 unspecified atom stereocenters. The van der Waals surface area contributed by atoms with Gasteiger partial charge in [0.1, 0.15) is 10.8 Å². The maximum Gasteiger partial charge on any atom is 0.125 e. The molecule has 1 aromatic rings. The summed E-state index contributed by atoms with van der Waals surface area (Å²) in [5, 5.41) is 12.4. The summed E-state index contributed by atoms with van der Waals surface area (Å²) in [6.45, 7) is 0.489. The third-order valence-electron chi connectivity index (χ3n) is 3.26. The van der Waals surface area contributed by atoms with Gasteiger partial charge in [0.25, 0.3) is 0 Å². The zero-order valence-electron chi connectivity index (χ0n) is 10.4. The summed E-state index contributed by atoms with van der Waals surface area (Å²) in [6.07, 6.45) is 0. The molecule has 0 spiro atoms. The summed E-state index contributed by atoms with van der Waals surface area (Å²) in [7, 11) is 0. The van der Waals surface area contributed by atoms with Crippen molar-refractivity contribution in [2.75, 3.05) is 30.1 Å². The molecule has 3 rings (SSSR count). The largest absolute Gasteiger partial charge is 0.394 e. The zero-order chi connectivity index (χ0) is 13.2. The predicted molar refractivity (Wildman–Crippen MR) is 84.1 cm³/mol. The topological polar surface area (TPSA) is 47.9 Å². The molecule has 1 saturated heterocycles. The van der Waals surface area contributed by atoms with E-state index < -0.39 is 0 Å². The van der Waals surface area contributed by atoms with Gasteiger partial charge in [-0.1, -0.05) is 24.4 Å². The van der Waals surface area contributed by atoms with Crippen molar-refractivity contribution >= 4 is 40.5 Å². The number of hydrogen-bond donors (Lipinski definition) is 2. The van der Waals surface area contributed by atoms with Gasteiger partial charge in [-0.2, -0.15) is 0 Å². The van der Waals surface area contributed by atoms with E-state index in [2.05, 4.69) is 15.2 Å². The summed E-state index contributed by atoms with van der Waals surface area (Å²) in [4.78, 5) is 7.58. The van der Waals surface area contributed by atoms with Crippen LogP contribution in [0.5, 0.6) is 0 Å². The molecule has 2 aliphatic heterocycles. The van der Waals surface area contributed by atoms with Gasteiger partial charge in [0.15, 0.2) is 0 Å². The molecular weight excluding hydrogens is 278 g/mol. The molecule has 6 heteroatoms. The Kier molecular flexibility index (Phi) is 3.72. The average Bonchev–Trinajstić information content (AvgIpc) is 2.88. The lowest BCUT2D eigenvalue weighted by Crippen LogP contribution is -2.41. The predicted octanol–water partition coefficient (Wildman–Crippen LogP) is 1.55. The third-order valence-corrected chi connectivity index (χ3v) is 4.73. The summed E-state index contributed by atoms with van der Waals surface area (Å²) >= 11 is 7.48. The second-order valence-electron chi connectivity index (χ2n) is 4.45. The first-order valence-electron chi connectivity index (χ1n) is 6.21. The van der Waals surface area contributed by atoms with Crippen LogP contribution in [-0.2, 0) is 0 Å². The van der Waals surface area contributed by atoms with E-state index in [4.69, 9.17) is 17.3 Å². The van der Waals surface area contributed by atoms with E-state index in [0.29, 0.717) is 6.54 Å². The number of para-hydroxylation sites is 1. The molecule has 0 amide bonds. The molecule has 2 heterocycles. The van der Waals surface area contributed by atoms with Crippen molar-refractivity contribution in [3.63, 3.8) is 0 Å². The Morgan fingerprint density at radius 2 is 2.32 bits per heavy atom. The molecule has 4 nitrogen and oxygen atoms in total. The van der Waals surface area contributed by atoms with E-state index in [1.54, 1.807) is 0 Å². The Balaban J connectivity index is 2.04. The highest BCUT2D eigenvalue weighted by molar-refractivity contribution is 7.99. The molecule has 0 aromatic heterocycles. The number of nitrogens with zero attached hydrogens (tertiary/aromatic N) is 2. The molecule has 0 bridgehead atoms. The number of benzene rings is 1. The number of aliphatic hydroxyl groups excluding tert-OH is 1. The van der Waals surface area contributed by atoms with E-state index >= 15 is 0 Å². The normalized spacial score (nSPS) is 23.8. The van der Waals surface area contributed by atoms with Gasteiger partial charge in [0.2, 0.25) is 0 Å². The molecule has 0 saturated carbocycles. The van der Waals surface area contributed by atoms with Crippen LogP contribution in [0.25, 0.3) is 0 Å². The quantitative estimate of drug-likeness (QED) is 0.810. The van der Waals surface area contributed by atoms with Crippen molar-refractivity contribution < 1.29 is 5.11 Å². The fourth-order valence-electron chi connectivity index (χ4n) is 2.34. The Hall–Kier alpha value is -1.11. The van der Waals surface area contributed by atoms with E-state index in [9.17, 15) is 0 Å². The lowest BCUT2D eigenvalue weighted by molar-refractivity contribution is 0.306. The average molecular weight is 293 g/mol. The first-order valence-corrected chi connectivity index (χ1v) is 7.77. The minimum atomic E-state index is 0.0666. The van der Waals surface area contributed by atoms with Crippen LogP contribution in [0.1, 0.15) is 5.56 Å². The van der Waals surface area contributed by atoms with Gasteiger partial charge in [0, 0.05) is 17.0 Å². The van der Waals surface area contributed by atoms with Crippen LogP contribution in [0.15, 0.2) is 29.3 Å². The maximum absolute atomic E-state index is 8.98. The number of aliphatic imine (C=N–C) groups is 1. The Bertz CT molecular complexity index is 532. The SMILES string of the molecule is OCCN=C1Nc2ccccc2C(=S)N2CSCC12. The molecule has 100 valence electrons. The fourth-order valence-corrected chi connectivity index (χ4v) is 3.96. The van der Waals surface area contributed by atoms with Crippen molar-refractivity contribution in [2.45, 2.75) is 6.04 Å². The van der Waals surface area contributed by atoms with E-state index in [1.807, 2.05) is 36.0 Å². The van der Waals surface area contributed by atoms with Gasteiger partial charge in [-0.05, 0) is 12.1 Å². The van der Waals surface area contributed by atoms with Crippen molar-refractivity contribution in [3.05, 3.63) is 29.8 Å². The van der Waals surface area contributed by atoms with Crippen molar-refractivity contribution in [1.82, 2.24) is 4.90 Å². The monoisotopic (exact) mass is 293 g/mol. The minimum absolute atomic E-state index is 0.0666. The fraction of sp³-hybridized carbons (Fsp3) is 0.385. The van der Waals surface area contributed by atoms with Crippen LogP contribution >= 0.6 is 24.0 Å². The van der Waals surface area contributed by atoms with Crippen LogP contribution < -0.4 is 5.32 Å². The number of thioether (sulfide) groups is 1. The Labute approximate surface area is 121 Å². The van der Waals surface area contributed by atoms with Crippen LogP contribution in [0.4, 0.5) is 5.69 Å². The molecule has 0 radical (unpaired) electrons. The molecule has 0 aliphatic carbocycles. The molecule has 2 N–H and O–H groups in total. The summed E-state index contributed by atoms with van der Waals surface area (Å²) in [6, 6.07) is 8.24. The van der Waals surface area contributed by atoms with Gasteiger partial charge in [-0.3, -0.25) is 4.99 Å². The number of hydrogen-bond acceptors (Lipinski definition) is 4. The second kappa shape index (κ2) is 5.48. The smallest absolute Gasteiger partial charge is 0.125 e. The van der Waals surface area contributed by atoms with Crippen molar-refractivity contribution in [3.8, 4) is 0 Å². The summed E-state index contributed by atoms with van der Waals surface area (Å²) in [5.41, 5.74) is 2.06. The lowest BCUT2D eigenvalue weighted by Gasteiger charge is -2.23. The van der Waals surface area contributed by atoms with Gasteiger partial charge in [-0.15, -0.1) is 11.8 Å². The number of thiocarbonyl (C=S) groups is 1. The minimum Gasteiger partial charge on any atom is -0.394 e. The number of anilines is 1. The van der Waals surface area contributed by atoms with E-state index in [-0.39, 0.29) is 12.6 Å². The van der Waals surface area contributed by atoms with Crippen molar-refractivity contribution in [1.29, 1.82) is 0 Å². The molecule has 1 aromatic carbocycles. The molecule has 1 atom stereocenters. The van der Waals surface area contributed by atoms with E-state index in [0.717, 1.165) is 33.7 Å². The van der Waals surface area contributed by atoms with Crippen LogP contribution in [0, 0.1) is 0 Å². The number of rotatable bonds is 2. The highest BCUT2D eigenvalue weighted by atomic mass is 32.2. The van der Waals surface area contributed by atoms with Gasteiger partial charge in [-0.25, -0.2) is 0 Å². The highest BCUT2D eigenvalue weighted by Gasteiger charge is 2.35. The number of fused-ring (bicyclic) bond motifs is 2. The molecule has 2 aliphatic rings. The number of aliphatic hydroxyl groups is 1. The zero-order valence-corrected chi connectivity index (χ0v) is 12.0. The first-order chi connectivity index (χ1) is 9.31. The highest BCUT2D eigenvalue weighted by Crippen LogP contribution is 2.30. The molecule has 19 heavy (non-hydrogen) atoms. The van der Waals surface area contributed by atoms with Crippen LogP contribution in [0.3, 0.4) is 0 Å². The number of amidine groups is 1. The first kappa shape index (κ1) is 12.9. The number of nitrogens with one attached hydrogen (secondary N) is 1. The molecular formula is C13H15N3OS2. The Morgan fingerprint density at radius 1 is 1.47 bits per heavy atom. The van der Waals surface area contributed by atoms with Crippen LogP contribution in [0.2, 0.25) is 0 Å². The standard InChI is InChI=1S/C13H15N3OS2/c17-6-5-14-12-11-7-19-8-16(11)13(18)9-3-1-2-4-10(9)15-12/h1-4,11,17H,5-8H2,(H,14,15). The van der Waals surface area contributed by atoms with E-state index in [1.165, 1.54) is 0 Å². The van der Waals surface area contributed by atoms with Crippen molar-refractivity contribution in [2.24, 2.45) is 4.99 Å². The summed E-state index contributed by atoms with van der Waals surface area (Å²) < 4.78 is 0. The maximum atomic E-state index is 8.98. The van der Waals surface area contributed by atoms with Gasteiger partial charge in [0.05, 0.1) is 25.1 Å². The van der Waals surface area contributed by atoms with Gasteiger partial charge >= 0.3 is 0 Å². The Morgan fingerprint density at radius 3 is 3.16 bits per heavy atom. The van der Waals surface area contributed by atoms with Gasteiger partial charge < -0.3 is 15.3 Å². The van der Waals surface area contributed by atoms with Crippen LogP contribution in [-0.4, -0.2) is 51.7 Å². The second-order valence-corrected chi connectivity index (χ2v) is 5.84. The summed E-state index contributed by atoms with van der Waals surface area (Å²) in [5.74, 6) is 2.79.